The largest absolute Gasteiger partial charge is 0.462 e. The van der Waals surface area contributed by atoms with Crippen molar-refractivity contribution >= 4 is 5.97 Å². The topological polar surface area (TPSA) is 26.3 Å². The molecule has 0 aromatic rings. The van der Waals surface area contributed by atoms with Crippen molar-refractivity contribution < 1.29 is 9.53 Å². The van der Waals surface area contributed by atoms with Crippen molar-refractivity contribution in [3.05, 3.63) is 0 Å². The van der Waals surface area contributed by atoms with Crippen LogP contribution < -0.4 is 0 Å². The molecule has 2 heteroatoms. The fraction of sp³-hybridized carbons (Fsp3) is 0.941. The zero-order valence-electron chi connectivity index (χ0n) is 12.4. The molecule has 7 unspecified atom stereocenters. The molecule has 0 heterocycles. The Bertz CT molecular complexity index is 408. The second-order valence-corrected chi connectivity index (χ2v) is 8.58. The summed E-state index contributed by atoms with van der Waals surface area (Å²) < 4.78 is 5.89. The zero-order chi connectivity index (χ0) is 13.4. The minimum absolute atomic E-state index is 0.00440. The molecule has 2 nitrogen and oxygen atoms in total. The Morgan fingerprint density at radius 1 is 0.947 bits per heavy atom. The molecule has 4 aliphatic carbocycles. The number of hydrogen-bond acceptors (Lipinski definition) is 2. The highest BCUT2D eigenvalue weighted by atomic mass is 16.5. The predicted octanol–water partition coefficient (Wildman–Crippen LogP) is 3.65. The number of hydrogen-bond donors (Lipinski definition) is 0. The van der Waals surface area contributed by atoms with Gasteiger partial charge in [-0.3, -0.25) is 4.79 Å². The average molecular weight is 262 g/mol. The van der Waals surface area contributed by atoms with E-state index in [2.05, 4.69) is 0 Å². The van der Waals surface area contributed by atoms with E-state index in [1.54, 1.807) is 0 Å². The van der Waals surface area contributed by atoms with Gasteiger partial charge in [0.05, 0.1) is 5.41 Å². The van der Waals surface area contributed by atoms with Crippen LogP contribution in [0.3, 0.4) is 0 Å². The molecule has 0 amide bonds. The van der Waals surface area contributed by atoms with Gasteiger partial charge in [0.15, 0.2) is 0 Å². The van der Waals surface area contributed by atoms with Crippen LogP contribution in [0.5, 0.6) is 0 Å². The number of rotatable bonds is 1. The van der Waals surface area contributed by atoms with Crippen LogP contribution in [0.4, 0.5) is 0 Å². The van der Waals surface area contributed by atoms with Crippen LogP contribution in [0.15, 0.2) is 0 Å². The number of esters is 1. The van der Waals surface area contributed by atoms with E-state index in [-0.39, 0.29) is 17.5 Å². The molecular formula is C17H26O2. The molecule has 0 aromatic carbocycles. The van der Waals surface area contributed by atoms with Crippen LogP contribution >= 0.6 is 0 Å². The average Bonchev–Trinajstić information content (AvgIpc) is 3.05. The van der Waals surface area contributed by atoms with Gasteiger partial charge in [0.25, 0.3) is 0 Å². The molecule has 0 spiro atoms. The Kier molecular flexibility index (Phi) is 2.42. The number of carbonyl (C=O) groups is 1. The molecule has 7 atom stereocenters. The second kappa shape index (κ2) is 3.77. The summed E-state index contributed by atoms with van der Waals surface area (Å²) in [7, 11) is 0. The maximum atomic E-state index is 12.1. The first-order valence-corrected chi connectivity index (χ1v) is 8.16. The molecule has 4 aliphatic rings. The summed E-state index contributed by atoms with van der Waals surface area (Å²) in [5.41, 5.74) is -0.351. The van der Waals surface area contributed by atoms with E-state index in [4.69, 9.17) is 4.74 Å². The minimum atomic E-state index is -0.351. The number of ether oxygens (including phenoxy) is 1. The van der Waals surface area contributed by atoms with E-state index in [0.717, 1.165) is 36.0 Å². The third-order valence-corrected chi connectivity index (χ3v) is 6.54. The molecule has 4 bridgehead atoms. The highest BCUT2D eigenvalue weighted by Gasteiger charge is 2.63. The first-order chi connectivity index (χ1) is 8.95. The van der Waals surface area contributed by atoms with Gasteiger partial charge in [-0.05, 0) is 88.4 Å². The third kappa shape index (κ3) is 1.64. The highest BCUT2D eigenvalue weighted by Crippen LogP contribution is 2.67. The van der Waals surface area contributed by atoms with Gasteiger partial charge in [-0.15, -0.1) is 0 Å². The van der Waals surface area contributed by atoms with Crippen LogP contribution in [0.1, 0.15) is 52.9 Å². The lowest BCUT2D eigenvalue weighted by molar-refractivity contribution is -0.163. The Morgan fingerprint density at radius 3 is 2.32 bits per heavy atom. The van der Waals surface area contributed by atoms with E-state index in [9.17, 15) is 4.79 Å². The van der Waals surface area contributed by atoms with Gasteiger partial charge in [-0.1, -0.05) is 0 Å². The SMILES string of the molecule is CC(C)(C)C(=O)OC1CC2CC1C1C3CCC(C3)C21. The summed E-state index contributed by atoms with van der Waals surface area (Å²) >= 11 is 0. The van der Waals surface area contributed by atoms with Crippen LogP contribution in [0, 0.1) is 40.9 Å². The summed E-state index contributed by atoms with van der Waals surface area (Å²) in [6.07, 6.45) is 7.19. The molecule has 0 aliphatic heterocycles. The third-order valence-electron chi connectivity index (χ3n) is 6.54. The Balaban J connectivity index is 1.49. The molecule has 0 aromatic heterocycles. The van der Waals surface area contributed by atoms with Crippen LogP contribution in [0.25, 0.3) is 0 Å². The van der Waals surface area contributed by atoms with Gasteiger partial charge in [0.2, 0.25) is 0 Å². The van der Waals surface area contributed by atoms with Gasteiger partial charge in [-0.2, -0.15) is 0 Å². The Labute approximate surface area is 116 Å². The Hall–Kier alpha value is -0.530. The second-order valence-electron chi connectivity index (χ2n) is 8.58. The summed E-state index contributed by atoms with van der Waals surface area (Å²) in [5, 5.41) is 0. The van der Waals surface area contributed by atoms with Crippen molar-refractivity contribution in [3.8, 4) is 0 Å². The lowest BCUT2D eigenvalue weighted by Gasteiger charge is -2.38. The summed E-state index contributed by atoms with van der Waals surface area (Å²) in [4.78, 5) is 12.1. The Morgan fingerprint density at radius 2 is 1.63 bits per heavy atom. The maximum Gasteiger partial charge on any atom is 0.311 e. The van der Waals surface area contributed by atoms with E-state index >= 15 is 0 Å². The zero-order valence-corrected chi connectivity index (χ0v) is 12.4. The monoisotopic (exact) mass is 262 g/mol. The molecule has 106 valence electrons. The van der Waals surface area contributed by atoms with E-state index in [1.165, 1.54) is 25.7 Å². The molecule has 4 fully saturated rings. The maximum absolute atomic E-state index is 12.1. The van der Waals surface area contributed by atoms with Crippen molar-refractivity contribution in [1.29, 1.82) is 0 Å². The summed E-state index contributed by atoms with van der Waals surface area (Å²) in [6, 6.07) is 0. The molecule has 0 N–H and O–H groups in total. The van der Waals surface area contributed by atoms with E-state index in [1.807, 2.05) is 20.8 Å². The van der Waals surface area contributed by atoms with Crippen molar-refractivity contribution in [2.24, 2.45) is 40.9 Å². The lowest BCUT2D eigenvalue weighted by atomic mass is 9.70. The fourth-order valence-corrected chi connectivity index (χ4v) is 5.95. The first kappa shape index (κ1) is 12.2. The standard InChI is InChI=1S/C17H26O2/c1-17(2,3)16(18)19-13-8-11-7-12(13)15-10-5-4-9(6-10)14(11)15/h9-15H,4-8H2,1-3H3. The van der Waals surface area contributed by atoms with Crippen LogP contribution in [-0.2, 0) is 9.53 Å². The number of carbonyl (C=O) groups excluding carboxylic acids is 1. The van der Waals surface area contributed by atoms with Gasteiger partial charge < -0.3 is 4.74 Å². The highest BCUT2D eigenvalue weighted by molar-refractivity contribution is 5.75. The summed E-state index contributed by atoms with van der Waals surface area (Å²) in [6.45, 7) is 5.88. The first-order valence-electron chi connectivity index (χ1n) is 8.16. The molecular weight excluding hydrogens is 236 g/mol. The fourth-order valence-electron chi connectivity index (χ4n) is 5.95. The van der Waals surface area contributed by atoms with E-state index in [0.29, 0.717) is 5.92 Å². The van der Waals surface area contributed by atoms with Crippen molar-refractivity contribution in [1.82, 2.24) is 0 Å². The smallest absolute Gasteiger partial charge is 0.311 e. The number of fused-ring (bicyclic) bond motifs is 9. The van der Waals surface area contributed by atoms with Gasteiger partial charge in [-0.25, -0.2) is 0 Å². The molecule has 19 heavy (non-hydrogen) atoms. The summed E-state index contributed by atoms with van der Waals surface area (Å²) in [5.74, 6) is 5.51. The molecule has 0 radical (unpaired) electrons. The quantitative estimate of drug-likeness (QED) is 0.532. The predicted molar refractivity (Wildman–Crippen MR) is 73.4 cm³/mol. The molecule has 4 rings (SSSR count). The van der Waals surface area contributed by atoms with E-state index < -0.39 is 0 Å². The van der Waals surface area contributed by atoms with Crippen LogP contribution in [0.2, 0.25) is 0 Å². The van der Waals surface area contributed by atoms with Crippen molar-refractivity contribution in [2.75, 3.05) is 0 Å². The van der Waals surface area contributed by atoms with Crippen molar-refractivity contribution in [2.45, 2.75) is 59.0 Å². The van der Waals surface area contributed by atoms with Crippen LogP contribution in [-0.4, -0.2) is 12.1 Å². The van der Waals surface area contributed by atoms with Gasteiger partial charge in [0.1, 0.15) is 6.10 Å². The normalized spacial score (nSPS) is 50.6. The van der Waals surface area contributed by atoms with Crippen molar-refractivity contribution in [3.63, 3.8) is 0 Å². The molecule has 4 saturated carbocycles. The lowest BCUT2D eigenvalue weighted by Crippen LogP contribution is -2.39. The van der Waals surface area contributed by atoms with Gasteiger partial charge in [0, 0.05) is 0 Å². The van der Waals surface area contributed by atoms with Gasteiger partial charge >= 0.3 is 5.97 Å². The molecule has 0 saturated heterocycles. The minimum Gasteiger partial charge on any atom is -0.462 e.